The fourth-order valence-electron chi connectivity index (χ4n) is 2.82. The van der Waals surface area contributed by atoms with Gasteiger partial charge in [0.1, 0.15) is 0 Å². The van der Waals surface area contributed by atoms with Gasteiger partial charge in [-0.2, -0.15) is 0 Å². The predicted molar refractivity (Wildman–Crippen MR) is 116 cm³/mol. The molecule has 0 bridgehead atoms. The quantitative estimate of drug-likeness (QED) is 0.341. The molecule has 2 nitrogen and oxygen atoms in total. The second-order valence-corrected chi connectivity index (χ2v) is 11.2. The van der Waals surface area contributed by atoms with Crippen molar-refractivity contribution in [3.63, 3.8) is 0 Å². The molecule has 2 rings (SSSR count). The molecule has 0 aliphatic carbocycles. The fraction of sp³-hybridized carbons (Fsp3) is 0.391. The first-order valence-electron chi connectivity index (χ1n) is 9.76. The van der Waals surface area contributed by atoms with Gasteiger partial charge in [0.25, 0.3) is 0 Å². The molecule has 0 fully saturated rings. The molecule has 0 spiro atoms. The summed E-state index contributed by atoms with van der Waals surface area (Å²) in [5.41, 5.74) is 1.07. The Morgan fingerprint density at radius 1 is 0.889 bits per heavy atom. The zero-order chi connectivity index (χ0) is 19.5. The minimum atomic E-state index is -3.39. The second kappa shape index (κ2) is 11.5. The van der Waals surface area contributed by atoms with Gasteiger partial charge in [0.05, 0.1) is 0 Å². The number of rotatable bonds is 11. The van der Waals surface area contributed by atoms with Crippen molar-refractivity contribution in [2.24, 2.45) is 0 Å². The van der Waals surface area contributed by atoms with Gasteiger partial charge in [-0.25, -0.2) is 0 Å². The van der Waals surface area contributed by atoms with Crippen LogP contribution in [-0.4, -0.2) is 23.4 Å². The molecular weight excluding hydrogens is 419 g/mol. The van der Waals surface area contributed by atoms with Crippen molar-refractivity contribution in [3.05, 3.63) is 70.0 Å². The van der Waals surface area contributed by atoms with E-state index in [1.54, 1.807) is 12.1 Å². The van der Waals surface area contributed by atoms with E-state index in [2.05, 4.69) is 19.1 Å². The Labute approximate surface area is 171 Å². The molecule has 27 heavy (non-hydrogen) atoms. The zero-order valence-electron chi connectivity index (χ0n) is 16.4. The molecule has 0 atom stereocenters. The number of allylic oxidation sites excluding steroid dienone is 1. The van der Waals surface area contributed by atoms with Crippen LogP contribution in [0.3, 0.4) is 0 Å². The summed E-state index contributed by atoms with van der Waals surface area (Å²) in [5, 5.41) is 1.54. The van der Waals surface area contributed by atoms with Crippen LogP contribution in [0.25, 0.3) is 0 Å². The van der Waals surface area contributed by atoms with E-state index in [-0.39, 0.29) is 15.0 Å². The molecule has 0 radical (unpaired) electrons. The third-order valence-electron chi connectivity index (χ3n) is 4.40. The van der Waals surface area contributed by atoms with E-state index in [9.17, 15) is 8.42 Å². The number of aryl methyl sites for hydroxylation is 1. The van der Waals surface area contributed by atoms with Crippen molar-refractivity contribution in [1.82, 2.24) is 0 Å². The summed E-state index contributed by atoms with van der Waals surface area (Å²) in [6, 6.07) is 17.4. The van der Waals surface area contributed by atoms with E-state index in [0.717, 1.165) is 22.9 Å². The maximum atomic E-state index is 12.9. The zero-order valence-corrected chi connectivity index (χ0v) is 18.9. The second-order valence-electron chi connectivity index (χ2n) is 6.88. The Kier molecular flexibility index (Phi) is 9.33. The van der Waals surface area contributed by atoms with Crippen molar-refractivity contribution in [1.29, 1.82) is 0 Å². The Morgan fingerprint density at radius 3 is 2.19 bits per heavy atom. The van der Waals surface area contributed by atoms with Crippen LogP contribution in [0.4, 0.5) is 0 Å². The molecule has 0 saturated heterocycles. The van der Waals surface area contributed by atoms with Gasteiger partial charge in [-0.1, -0.05) is 0 Å². The summed E-state index contributed by atoms with van der Waals surface area (Å²) in [5.74, 6) is 0. The standard InChI is InChI=1S/C23H30O2SSe/c1-3-4-5-6-7-9-14-23(27-22-12-10-8-11-13-22)19-26(24,25)21-17-15-20(2)16-18-21/h8,10-13,15-19H,3-7,9,14H2,1-2H3/b23-19+. The van der Waals surface area contributed by atoms with Crippen molar-refractivity contribution < 1.29 is 8.42 Å². The number of benzene rings is 2. The molecule has 146 valence electrons. The van der Waals surface area contributed by atoms with E-state index in [4.69, 9.17) is 0 Å². The van der Waals surface area contributed by atoms with E-state index in [1.807, 2.05) is 37.3 Å². The van der Waals surface area contributed by atoms with Crippen LogP contribution >= 0.6 is 0 Å². The SMILES string of the molecule is CCCCCCCC/C(=C\S(=O)(=O)c1ccc(C)cc1)[Se]c1ccccc1. The van der Waals surface area contributed by atoms with Crippen LogP contribution in [0.2, 0.25) is 0 Å². The summed E-state index contributed by atoms with van der Waals surface area (Å²) in [4.78, 5) is 0.386. The maximum absolute atomic E-state index is 12.9. The van der Waals surface area contributed by atoms with Crippen LogP contribution in [0, 0.1) is 6.92 Å². The van der Waals surface area contributed by atoms with Gasteiger partial charge < -0.3 is 0 Å². The topological polar surface area (TPSA) is 34.1 Å². The van der Waals surface area contributed by atoms with Gasteiger partial charge in [-0.3, -0.25) is 0 Å². The first-order chi connectivity index (χ1) is 13.0. The average molecular weight is 450 g/mol. The van der Waals surface area contributed by atoms with Crippen molar-refractivity contribution in [3.8, 4) is 0 Å². The van der Waals surface area contributed by atoms with Gasteiger partial charge in [-0.05, 0) is 0 Å². The van der Waals surface area contributed by atoms with Gasteiger partial charge in [0.15, 0.2) is 0 Å². The monoisotopic (exact) mass is 450 g/mol. The Bertz CT molecular complexity index is 809. The van der Waals surface area contributed by atoms with Gasteiger partial charge in [-0.15, -0.1) is 0 Å². The van der Waals surface area contributed by atoms with Crippen LogP contribution in [0.5, 0.6) is 0 Å². The van der Waals surface area contributed by atoms with Crippen LogP contribution in [-0.2, 0) is 9.84 Å². The van der Waals surface area contributed by atoms with Gasteiger partial charge >= 0.3 is 171 Å². The van der Waals surface area contributed by atoms with Crippen molar-refractivity contribution >= 4 is 29.3 Å². The molecule has 0 unspecified atom stereocenters. The third kappa shape index (κ3) is 8.04. The Balaban J connectivity index is 2.12. The summed E-state index contributed by atoms with van der Waals surface area (Å²) in [6.45, 7) is 4.19. The van der Waals surface area contributed by atoms with Crippen LogP contribution < -0.4 is 4.46 Å². The van der Waals surface area contributed by atoms with E-state index in [1.165, 1.54) is 42.0 Å². The van der Waals surface area contributed by atoms with Crippen LogP contribution in [0.1, 0.15) is 57.4 Å². The van der Waals surface area contributed by atoms with Crippen molar-refractivity contribution in [2.75, 3.05) is 0 Å². The first-order valence-corrected chi connectivity index (χ1v) is 13.0. The fourth-order valence-corrected chi connectivity index (χ4v) is 6.85. The van der Waals surface area contributed by atoms with E-state index >= 15 is 0 Å². The molecule has 0 aliphatic rings. The third-order valence-corrected chi connectivity index (χ3v) is 8.56. The Hall–Kier alpha value is -1.35. The summed E-state index contributed by atoms with van der Waals surface area (Å²) < 4.78 is 28.0. The predicted octanol–water partition coefficient (Wildman–Crippen LogP) is 5.39. The summed E-state index contributed by atoms with van der Waals surface area (Å²) in [7, 11) is -3.39. The molecule has 4 heteroatoms. The average Bonchev–Trinajstić information content (AvgIpc) is 2.65. The first kappa shape index (κ1) is 21.9. The summed E-state index contributed by atoms with van der Waals surface area (Å²) in [6.07, 6.45) is 8.16. The van der Waals surface area contributed by atoms with E-state index in [0.29, 0.717) is 4.90 Å². The molecule has 0 saturated carbocycles. The molecule has 2 aromatic rings. The molecular formula is C23H30O2SSe. The molecule has 0 heterocycles. The summed E-state index contributed by atoms with van der Waals surface area (Å²) >= 11 is 0.0441. The van der Waals surface area contributed by atoms with Crippen molar-refractivity contribution in [2.45, 2.75) is 63.7 Å². The van der Waals surface area contributed by atoms with Gasteiger partial charge in [0.2, 0.25) is 0 Å². The molecule has 2 aromatic carbocycles. The van der Waals surface area contributed by atoms with E-state index < -0.39 is 9.84 Å². The number of hydrogen-bond donors (Lipinski definition) is 0. The van der Waals surface area contributed by atoms with Crippen LogP contribution in [0.15, 0.2) is 69.4 Å². The molecule has 0 aromatic heterocycles. The number of unbranched alkanes of at least 4 members (excludes halogenated alkanes) is 5. The molecule has 0 amide bonds. The Morgan fingerprint density at radius 2 is 1.52 bits per heavy atom. The van der Waals surface area contributed by atoms with Gasteiger partial charge in [0, 0.05) is 0 Å². The molecule has 0 aliphatic heterocycles. The normalized spacial score (nSPS) is 12.3. The minimum absolute atomic E-state index is 0.0441. The number of sulfone groups is 1. The number of hydrogen-bond acceptors (Lipinski definition) is 2. The molecule has 0 N–H and O–H groups in total.